The molecule has 8 nitrogen and oxygen atoms in total. The molecule has 0 spiro atoms. The van der Waals surface area contributed by atoms with Crippen molar-refractivity contribution in [1.29, 1.82) is 0 Å². The minimum Gasteiger partial charge on any atom is -0.384 e. The highest BCUT2D eigenvalue weighted by Crippen LogP contribution is 2.16. The number of benzene rings is 1. The van der Waals surface area contributed by atoms with Crippen molar-refractivity contribution in [1.82, 2.24) is 29.5 Å². The van der Waals surface area contributed by atoms with Gasteiger partial charge in [0.1, 0.15) is 30.9 Å². The summed E-state index contributed by atoms with van der Waals surface area (Å²) in [5.74, 6) is 0. The quantitative estimate of drug-likeness (QED) is 0.671. The van der Waals surface area contributed by atoms with E-state index in [0.29, 0.717) is 11.6 Å². The molecular formula is C14H16ClN7O. The molecule has 0 amide bonds. The van der Waals surface area contributed by atoms with Gasteiger partial charge in [-0.25, -0.2) is 19.3 Å². The van der Waals surface area contributed by atoms with Crippen molar-refractivity contribution in [3.8, 4) is 0 Å². The van der Waals surface area contributed by atoms with Crippen molar-refractivity contribution in [3.63, 3.8) is 0 Å². The Hall–Kier alpha value is -2.45. The fourth-order valence-electron chi connectivity index (χ4n) is 2.23. The Morgan fingerprint density at radius 2 is 1.57 bits per heavy atom. The van der Waals surface area contributed by atoms with Crippen LogP contribution in [0.3, 0.4) is 0 Å². The van der Waals surface area contributed by atoms with Gasteiger partial charge in [-0.2, -0.15) is 10.2 Å². The van der Waals surface area contributed by atoms with E-state index in [1.807, 2.05) is 12.1 Å². The molecule has 0 radical (unpaired) electrons. The van der Waals surface area contributed by atoms with Gasteiger partial charge in [-0.3, -0.25) is 0 Å². The molecule has 0 atom stereocenters. The molecule has 2 heterocycles. The number of aromatic nitrogens is 6. The molecular weight excluding hydrogens is 318 g/mol. The summed E-state index contributed by atoms with van der Waals surface area (Å²) in [5, 5.41) is 23.0. The predicted molar refractivity (Wildman–Crippen MR) is 84.9 cm³/mol. The summed E-state index contributed by atoms with van der Waals surface area (Å²) in [4.78, 5) is 7.80. The van der Waals surface area contributed by atoms with E-state index in [0.717, 1.165) is 5.69 Å². The largest absolute Gasteiger partial charge is 0.384 e. The molecule has 0 fully saturated rings. The second kappa shape index (κ2) is 6.76. The second-order valence-electron chi connectivity index (χ2n) is 5.27. The fourth-order valence-corrected chi connectivity index (χ4v) is 2.35. The van der Waals surface area contributed by atoms with E-state index in [9.17, 15) is 5.11 Å². The average molecular weight is 334 g/mol. The van der Waals surface area contributed by atoms with Gasteiger partial charge in [-0.1, -0.05) is 11.6 Å². The third-order valence-electron chi connectivity index (χ3n) is 3.31. The summed E-state index contributed by atoms with van der Waals surface area (Å²) in [6, 6.07) is 7.29. The molecule has 3 rings (SSSR count). The maximum absolute atomic E-state index is 11.0. The van der Waals surface area contributed by atoms with Crippen LogP contribution in [0.2, 0.25) is 5.02 Å². The SMILES string of the molecule is OC(CNc1ccc(Cl)cc1)(Cn1cncn1)Cn1cncn1. The van der Waals surface area contributed by atoms with Gasteiger partial charge in [-0.05, 0) is 24.3 Å². The molecule has 9 heteroatoms. The molecule has 0 bridgehead atoms. The van der Waals surface area contributed by atoms with E-state index in [2.05, 4.69) is 25.5 Å². The number of aliphatic hydroxyl groups is 1. The summed E-state index contributed by atoms with van der Waals surface area (Å²) in [5.41, 5.74) is -0.258. The first-order valence-electron chi connectivity index (χ1n) is 7.00. The lowest BCUT2D eigenvalue weighted by atomic mass is 10.0. The van der Waals surface area contributed by atoms with Crippen molar-refractivity contribution in [2.75, 3.05) is 11.9 Å². The fraction of sp³-hybridized carbons (Fsp3) is 0.286. The monoisotopic (exact) mass is 333 g/mol. The van der Waals surface area contributed by atoms with Crippen molar-refractivity contribution in [2.24, 2.45) is 0 Å². The number of rotatable bonds is 7. The van der Waals surface area contributed by atoms with Crippen LogP contribution in [0.25, 0.3) is 0 Å². The molecule has 0 aliphatic heterocycles. The normalized spacial score (nSPS) is 11.6. The maximum atomic E-state index is 11.0. The maximum Gasteiger partial charge on any atom is 0.137 e. The molecule has 0 unspecified atom stereocenters. The Morgan fingerprint density at radius 3 is 2.04 bits per heavy atom. The molecule has 3 aromatic rings. The van der Waals surface area contributed by atoms with Gasteiger partial charge in [0.05, 0.1) is 13.1 Å². The summed E-state index contributed by atoms with van der Waals surface area (Å²) >= 11 is 5.88. The molecule has 0 saturated carbocycles. The van der Waals surface area contributed by atoms with Crippen molar-refractivity contribution < 1.29 is 5.11 Å². The predicted octanol–water partition coefficient (Wildman–Crippen LogP) is 1.07. The van der Waals surface area contributed by atoms with Gasteiger partial charge in [0.2, 0.25) is 0 Å². The number of halogens is 1. The van der Waals surface area contributed by atoms with E-state index < -0.39 is 5.60 Å². The van der Waals surface area contributed by atoms with E-state index in [-0.39, 0.29) is 13.1 Å². The lowest BCUT2D eigenvalue weighted by molar-refractivity contribution is 0.0121. The molecule has 23 heavy (non-hydrogen) atoms. The Labute approximate surface area is 137 Å². The lowest BCUT2D eigenvalue weighted by Crippen LogP contribution is -2.45. The Bertz CT molecular complexity index is 676. The minimum absolute atomic E-state index is 0.271. The topological polar surface area (TPSA) is 93.7 Å². The number of anilines is 1. The molecule has 2 N–H and O–H groups in total. The number of nitrogens with one attached hydrogen (secondary N) is 1. The molecule has 2 aromatic heterocycles. The first-order chi connectivity index (χ1) is 11.1. The number of hydrogen-bond donors (Lipinski definition) is 2. The van der Waals surface area contributed by atoms with E-state index in [1.165, 1.54) is 12.7 Å². The van der Waals surface area contributed by atoms with Crippen LogP contribution >= 0.6 is 11.6 Å². The zero-order chi connectivity index (χ0) is 16.1. The van der Waals surface area contributed by atoms with Gasteiger partial charge in [0.15, 0.2) is 0 Å². The van der Waals surface area contributed by atoms with Crippen LogP contribution in [-0.4, -0.2) is 46.8 Å². The number of nitrogens with zero attached hydrogens (tertiary/aromatic N) is 6. The van der Waals surface area contributed by atoms with Crippen LogP contribution in [-0.2, 0) is 13.1 Å². The van der Waals surface area contributed by atoms with Gasteiger partial charge in [0, 0.05) is 17.3 Å². The van der Waals surface area contributed by atoms with Gasteiger partial charge in [-0.15, -0.1) is 0 Å². The second-order valence-corrected chi connectivity index (χ2v) is 5.71. The molecule has 120 valence electrons. The lowest BCUT2D eigenvalue weighted by Gasteiger charge is -2.28. The van der Waals surface area contributed by atoms with Crippen LogP contribution in [0.5, 0.6) is 0 Å². The minimum atomic E-state index is -1.12. The highest BCUT2D eigenvalue weighted by atomic mass is 35.5. The van der Waals surface area contributed by atoms with E-state index in [1.54, 1.807) is 34.2 Å². The third kappa shape index (κ3) is 4.27. The van der Waals surface area contributed by atoms with Gasteiger partial charge >= 0.3 is 0 Å². The van der Waals surface area contributed by atoms with Crippen LogP contribution < -0.4 is 5.32 Å². The van der Waals surface area contributed by atoms with Crippen LogP contribution in [0, 0.1) is 0 Å². The molecule has 0 saturated heterocycles. The summed E-state index contributed by atoms with van der Waals surface area (Å²) < 4.78 is 3.17. The van der Waals surface area contributed by atoms with E-state index in [4.69, 9.17) is 11.6 Å². The van der Waals surface area contributed by atoms with Crippen LogP contribution in [0.1, 0.15) is 0 Å². The Balaban J connectivity index is 1.72. The summed E-state index contributed by atoms with van der Waals surface area (Å²) in [7, 11) is 0. The summed E-state index contributed by atoms with van der Waals surface area (Å²) in [6.45, 7) is 0.843. The van der Waals surface area contributed by atoms with Crippen molar-refractivity contribution >= 4 is 17.3 Å². The van der Waals surface area contributed by atoms with Crippen LogP contribution in [0.4, 0.5) is 5.69 Å². The average Bonchev–Trinajstić information content (AvgIpc) is 3.21. The van der Waals surface area contributed by atoms with Crippen LogP contribution in [0.15, 0.2) is 49.6 Å². The molecule has 0 aliphatic rings. The van der Waals surface area contributed by atoms with E-state index >= 15 is 0 Å². The first-order valence-corrected chi connectivity index (χ1v) is 7.37. The first kappa shape index (κ1) is 15.4. The highest BCUT2D eigenvalue weighted by molar-refractivity contribution is 6.30. The number of hydrogen-bond acceptors (Lipinski definition) is 6. The molecule has 1 aromatic carbocycles. The van der Waals surface area contributed by atoms with Gasteiger partial charge in [0.25, 0.3) is 0 Å². The van der Waals surface area contributed by atoms with Crippen molar-refractivity contribution in [2.45, 2.75) is 18.7 Å². The third-order valence-corrected chi connectivity index (χ3v) is 3.56. The Kier molecular flexibility index (Phi) is 4.54. The zero-order valence-electron chi connectivity index (χ0n) is 12.2. The molecule has 0 aliphatic carbocycles. The zero-order valence-corrected chi connectivity index (χ0v) is 13.0. The standard InChI is InChI=1S/C14H16ClN7O/c15-12-1-3-13(4-2-12)18-5-14(23,6-21-10-16-8-19-21)7-22-11-17-9-20-22/h1-4,8-11,18,23H,5-7H2. The van der Waals surface area contributed by atoms with Crippen molar-refractivity contribution in [3.05, 3.63) is 54.6 Å². The summed E-state index contributed by atoms with van der Waals surface area (Å²) in [6.07, 6.45) is 5.99. The van der Waals surface area contributed by atoms with Gasteiger partial charge < -0.3 is 10.4 Å². The highest BCUT2D eigenvalue weighted by Gasteiger charge is 2.29. The smallest absolute Gasteiger partial charge is 0.137 e. The Morgan fingerprint density at radius 1 is 1.00 bits per heavy atom.